The zero-order chi connectivity index (χ0) is 14.7. The Bertz CT molecular complexity index is 686. The Kier molecular flexibility index (Phi) is 4.70. The monoisotopic (exact) mass is 326 g/mol. The highest BCUT2D eigenvalue weighted by Gasteiger charge is 2.19. The number of carbonyl (C=O) groups is 2. The highest BCUT2D eigenvalue weighted by Crippen LogP contribution is 2.36. The summed E-state index contributed by atoms with van der Waals surface area (Å²) < 4.78 is 4.43. The molecule has 0 saturated heterocycles. The number of carbonyl (C=O) groups excluding carboxylic acids is 2. The molecule has 2 aromatic rings. The van der Waals surface area contributed by atoms with Gasteiger partial charge in [0.1, 0.15) is 0 Å². The highest BCUT2D eigenvalue weighted by molar-refractivity contribution is 7.75. The Balaban J connectivity index is 2.79. The molecule has 0 aliphatic carbocycles. The van der Waals surface area contributed by atoms with Gasteiger partial charge in [-0.3, -0.25) is 4.79 Å². The fraction of sp³-hybridized carbons (Fsp3) is 0. The number of hydrogen-bond donors (Lipinski definition) is 1. The molecule has 3 nitrogen and oxygen atoms in total. The Morgan fingerprint density at radius 1 is 1.10 bits per heavy atom. The summed E-state index contributed by atoms with van der Waals surface area (Å²) in [5, 5.41) is 0.573. The third kappa shape index (κ3) is 2.68. The second-order valence-electron chi connectivity index (χ2n) is 3.86. The average Bonchev–Trinajstić information content (AvgIpc) is 2.48. The molecule has 0 saturated carbocycles. The zero-order valence-electron chi connectivity index (χ0n) is 9.97. The zero-order valence-corrected chi connectivity index (χ0v) is 12.4. The molecule has 0 spiro atoms. The maximum Gasteiger partial charge on any atom is 0.350 e. The largest absolute Gasteiger partial charge is 0.391 e. The molecule has 2 aromatic carbocycles. The minimum absolute atomic E-state index is 0.221. The van der Waals surface area contributed by atoms with Crippen molar-refractivity contribution in [2.24, 2.45) is 0 Å². The average molecular weight is 327 g/mol. The van der Waals surface area contributed by atoms with E-state index in [-0.39, 0.29) is 16.1 Å². The molecule has 0 unspecified atom stereocenters. The molecule has 102 valence electrons. The van der Waals surface area contributed by atoms with E-state index in [2.05, 4.69) is 17.1 Å². The first-order valence-electron chi connectivity index (χ1n) is 5.48. The van der Waals surface area contributed by atoms with Crippen LogP contribution in [0.5, 0.6) is 0 Å². The van der Waals surface area contributed by atoms with Crippen molar-refractivity contribution in [1.82, 2.24) is 0 Å². The van der Waals surface area contributed by atoms with Gasteiger partial charge in [-0.15, -0.1) is 0 Å². The van der Waals surface area contributed by atoms with Gasteiger partial charge in [-0.05, 0) is 23.8 Å². The lowest BCUT2D eigenvalue weighted by Gasteiger charge is -2.12. The summed E-state index contributed by atoms with van der Waals surface area (Å²) >= 11 is 15.6. The van der Waals surface area contributed by atoms with Crippen molar-refractivity contribution in [1.29, 1.82) is 0 Å². The summed E-state index contributed by atoms with van der Waals surface area (Å²) in [4.78, 5) is 23.0. The molecule has 2 rings (SSSR count). The fourth-order valence-corrected chi connectivity index (χ4v) is 2.45. The van der Waals surface area contributed by atoms with Crippen LogP contribution in [0.1, 0.15) is 20.7 Å². The van der Waals surface area contributed by atoms with Gasteiger partial charge in [0, 0.05) is 29.1 Å². The van der Waals surface area contributed by atoms with E-state index in [1.54, 1.807) is 30.3 Å². The maximum atomic E-state index is 11.7. The lowest BCUT2D eigenvalue weighted by molar-refractivity contribution is 0.0772. The highest BCUT2D eigenvalue weighted by atomic mass is 35.5. The van der Waals surface area contributed by atoms with Crippen LogP contribution in [-0.4, -0.2) is 12.3 Å². The Morgan fingerprint density at radius 2 is 1.75 bits per heavy atom. The van der Waals surface area contributed by atoms with Crippen LogP contribution < -0.4 is 0 Å². The number of hydrogen-bond acceptors (Lipinski definition) is 4. The molecule has 20 heavy (non-hydrogen) atoms. The van der Waals surface area contributed by atoms with E-state index in [4.69, 9.17) is 23.2 Å². The predicted octanol–water partition coefficient (Wildman–Crippen LogP) is 4.47. The normalized spacial score (nSPS) is 10.2. The summed E-state index contributed by atoms with van der Waals surface area (Å²) in [6, 6.07) is 9.69. The molecule has 0 aliphatic heterocycles. The van der Waals surface area contributed by atoms with Crippen molar-refractivity contribution in [3.8, 4) is 11.1 Å². The predicted molar refractivity (Wildman–Crippen MR) is 81.7 cm³/mol. The van der Waals surface area contributed by atoms with E-state index < -0.39 is 5.97 Å². The van der Waals surface area contributed by atoms with Crippen LogP contribution in [0.4, 0.5) is 0 Å². The van der Waals surface area contributed by atoms with Crippen molar-refractivity contribution in [3.63, 3.8) is 0 Å². The topological polar surface area (TPSA) is 43.4 Å². The second kappa shape index (κ2) is 6.31. The van der Waals surface area contributed by atoms with Crippen LogP contribution in [0.3, 0.4) is 0 Å². The van der Waals surface area contributed by atoms with Gasteiger partial charge in [-0.25, -0.2) is 4.79 Å². The molecule has 0 amide bonds. The lowest BCUT2D eigenvalue weighted by atomic mass is 9.95. The SMILES string of the molecule is O=Cc1c(Cl)ccc(Cl)c1-c1ccccc1C(=O)OS. The summed E-state index contributed by atoms with van der Waals surface area (Å²) in [5.41, 5.74) is 1.32. The summed E-state index contributed by atoms with van der Waals surface area (Å²) in [7, 11) is 0. The van der Waals surface area contributed by atoms with Crippen molar-refractivity contribution in [2.75, 3.05) is 0 Å². The van der Waals surface area contributed by atoms with Gasteiger partial charge in [0.05, 0.1) is 10.6 Å². The van der Waals surface area contributed by atoms with E-state index in [1.807, 2.05) is 0 Å². The molecule has 0 bridgehead atoms. The van der Waals surface area contributed by atoms with Crippen LogP contribution in [-0.2, 0) is 4.18 Å². The quantitative estimate of drug-likeness (QED) is 0.514. The van der Waals surface area contributed by atoms with Crippen LogP contribution in [0.25, 0.3) is 11.1 Å². The minimum Gasteiger partial charge on any atom is -0.391 e. The molecule has 0 fully saturated rings. The van der Waals surface area contributed by atoms with Crippen LogP contribution in [0.15, 0.2) is 36.4 Å². The van der Waals surface area contributed by atoms with E-state index >= 15 is 0 Å². The van der Waals surface area contributed by atoms with Crippen LogP contribution >= 0.6 is 36.1 Å². The Labute approximate surface area is 131 Å². The fourth-order valence-electron chi connectivity index (χ4n) is 1.88. The molecule has 0 heterocycles. The van der Waals surface area contributed by atoms with E-state index in [9.17, 15) is 9.59 Å². The van der Waals surface area contributed by atoms with Gasteiger partial charge < -0.3 is 4.18 Å². The molecule has 0 aliphatic rings. The Morgan fingerprint density at radius 3 is 2.40 bits per heavy atom. The molecular formula is C14H8Cl2O3S. The van der Waals surface area contributed by atoms with E-state index in [0.717, 1.165) is 0 Å². The van der Waals surface area contributed by atoms with Gasteiger partial charge in [-0.1, -0.05) is 41.4 Å². The first-order valence-corrected chi connectivity index (χ1v) is 6.60. The molecule has 0 atom stereocenters. The van der Waals surface area contributed by atoms with Gasteiger partial charge in [0.2, 0.25) is 0 Å². The number of benzene rings is 2. The molecule has 0 radical (unpaired) electrons. The number of halogens is 2. The standard InChI is InChI=1S/C14H8Cl2O3S/c15-11-5-6-12(16)13(10(11)7-17)8-3-1-2-4-9(8)14(18)19-20/h1-7,20H. The van der Waals surface area contributed by atoms with Crippen molar-refractivity contribution < 1.29 is 13.8 Å². The number of thiol groups is 1. The maximum absolute atomic E-state index is 11.7. The van der Waals surface area contributed by atoms with E-state index in [0.29, 0.717) is 22.4 Å². The Hall–Kier alpha value is -1.49. The smallest absolute Gasteiger partial charge is 0.350 e. The van der Waals surface area contributed by atoms with Gasteiger partial charge in [-0.2, -0.15) is 0 Å². The van der Waals surface area contributed by atoms with Crippen molar-refractivity contribution in [2.45, 2.75) is 0 Å². The molecular weight excluding hydrogens is 319 g/mol. The molecule has 6 heteroatoms. The summed E-state index contributed by atoms with van der Waals surface area (Å²) in [6.45, 7) is 0. The van der Waals surface area contributed by atoms with Crippen LogP contribution in [0.2, 0.25) is 10.0 Å². The minimum atomic E-state index is -0.642. The third-order valence-electron chi connectivity index (χ3n) is 2.76. The number of aldehydes is 1. The van der Waals surface area contributed by atoms with Gasteiger partial charge in [0.15, 0.2) is 6.29 Å². The van der Waals surface area contributed by atoms with Gasteiger partial charge >= 0.3 is 5.97 Å². The summed E-state index contributed by atoms with van der Waals surface area (Å²) in [6.07, 6.45) is 0.604. The first kappa shape index (κ1) is 14.9. The van der Waals surface area contributed by atoms with Gasteiger partial charge in [0.25, 0.3) is 0 Å². The number of rotatable bonds is 3. The van der Waals surface area contributed by atoms with Crippen molar-refractivity contribution in [3.05, 3.63) is 57.6 Å². The molecule has 0 aromatic heterocycles. The second-order valence-corrected chi connectivity index (χ2v) is 4.86. The van der Waals surface area contributed by atoms with Crippen molar-refractivity contribution >= 4 is 48.4 Å². The third-order valence-corrected chi connectivity index (χ3v) is 3.57. The summed E-state index contributed by atoms with van der Waals surface area (Å²) in [5.74, 6) is -0.642. The van der Waals surface area contributed by atoms with E-state index in [1.165, 1.54) is 6.07 Å². The lowest BCUT2D eigenvalue weighted by Crippen LogP contribution is -2.02. The first-order chi connectivity index (χ1) is 9.60. The van der Waals surface area contributed by atoms with Crippen LogP contribution in [0, 0.1) is 0 Å². The molecule has 0 N–H and O–H groups in total.